The highest BCUT2D eigenvalue weighted by Gasteiger charge is 2.45. The molecule has 0 aromatic carbocycles. The largest absolute Gasteiger partial charge is 0.462 e. The smallest absolute Gasteiger partial charge is 0.308 e. The fourth-order valence-corrected chi connectivity index (χ4v) is 7.46. The SMILES string of the molecule is CCC(O)C(C)C1OC(=O)CC(O)C(C)C(=O)/C(C)=C/C(C)C(=O)/C=C/C(C)C(OC2OC(C)C(O)C(OC)C2O)C(C)CC(C)C(=O)/C=C/CC(O)C1C. The van der Waals surface area contributed by atoms with Gasteiger partial charge in [-0.05, 0) is 56.8 Å². The Balaban J connectivity index is 2.53. The van der Waals surface area contributed by atoms with Crippen molar-refractivity contribution in [1.82, 2.24) is 0 Å². The zero-order valence-electron chi connectivity index (χ0n) is 34.5. The third-order valence-electron chi connectivity index (χ3n) is 11.5. The van der Waals surface area contributed by atoms with E-state index in [0.29, 0.717) is 12.8 Å². The predicted octanol–water partition coefficient (Wildman–Crippen LogP) is 3.66. The number of rotatable bonds is 6. The summed E-state index contributed by atoms with van der Waals surface area (Å²) in [7, 11) is 1.37. The Labute approximate surface area is 327 Å². The van der Waals surface area contributed by atoms with Gasteiger partial charge in [0.2, 0.25) is 0 Å². The summed E-state index contributed by atoms with van der Waals surface area (Å²) in [6.07, 6.45) is -2.41. The Morgan fingerprint density at radius 3 is 2.13 bits per heavy atom. The average Bonchev–Trinajstić information content (AvgIpc) is 3.14. The lowest BCUT2D eigenvalue weighted by Gasteiger charge is -2.43. The summed E-state index contributed by atoms with van der Waals surface area (Å²) in [5, 5.41) is 54.3. The molecule has 314 valence electrons. The van der Waals surface area contributed by atoms with Crippen molar-refractivity contribution < 1.29 is 63.7 Å². The highest BCUT2D eigenvalue weighted by molar-refractivity contribution is 5.99. The van der Waals surface area contributed by atoms with Gasteiger partial charge in [-0.25, -0.2) is 0 Å². The van der Waals surface area contributed by atoms with Crippen LogP contribution in [0.25, 0.3) is 0 Å². The van der Waals surface area contributed by atoms with Crippen molar-refractivity contribution in [2.24, 2.45) is 41.4 Å². The molecule has 0 amide bonds. The van der Waals surface area contributed by atoms with E-state index in [-0.39, 0.29) is 29.5 Å². The predicted molar refractivity (Wildman–Crippen MR) is 205 cm³/mol. The number of ether oxygens (including phenoxy) is 4. The molecule has 0 aliphatic carbocycles. The zero-order chi connectivity index (χ0) is 41.9. The van der Waals surface area contributed by atoms with Crippen molar-refractivity contribution in [3.63, 3.8) is 0 Å². The van der Waals surface area contributed by atoms with Crippen LogP contribution < -0.4 is 0 Å². The standard InChI is InChI=1S/C42H68O13/c1-12-30(43)27(8)40-28(9)33(46)15-13-14-31(44)23(4)19-25(6)39(55-42-38(51)41(52-11)37(50)29(10)53-42)21(2)16-17-32(45)22(3)18-24(5)36(49)26(7)34(47)20-35(48)54-40/h13-14,16-18,21-23,25-30,33-34,37-43,46-47,50-51H,12,15,19-20H2,1-11H3/b14-13+,17-16+,24-18+. The minimum atomic E-state index is -1.40. The molecule has 0 radical (unpaired) electrons. The molecule has 13 nitrogen and oxygen atoms in total. The average molecular weight is 781 g/mol. The van der Waals surface area contributed by atoms with Crippen LogP contribution in [-0.2, 0) is 38.1 Å². The highest BCUT2D eigenvalue weighted by atomic mass is 16.7. The molecule has 55 heavy (non-hydrogen) atoms. The molecule has 13 heteroatoms. The molecule has 0 aromatic heterocycles. The summed E-state index contributed by atoms with van der Waals surface area (Å²) in [4.78, 5) is 53.1. The number of aliphatic hydroxyl groups excluding tert-OH is 5. The summed E-state index contributed by atoms with van der Waals surface area (Å²) >= 11 is 0. The Kier molecular flexibility index (Phi) is 19.7. The number of hydrogen-bond acceptors (Lipinski definition) is 13. The molecule has 17 atom stereocenters. The summed E-state index contributed by atoms with van der Waals surface area (Å²) in [6.45, 7) is 17.0. The van der Waals surface area contributed by atoms with E-state index in [1.54, 1.807) is 60.6 Å². The number of methoxy groups -OCH3 is 1. The van der Waals surface area contributed by atoms with Gasteiger partial charge in [-0.1, -0.05) is 73.6 Å². The van der Waals surface area contributed by atoms with Gasteiger partial charge in [-0.2, -0.15) is 0 Å². The number of carbonyl (C=O) groups is 4. The van der Waals surface area contributed by atoms with Crippen molar-refractivity contribution in [2.75, 3.05) is 7.11 Å². The third-order valence-corrected chi connectivity index (χ3v) is 11.5. The number of ketones is 3. The Morgan fingerprint density at radius 2 is 1.53 bits per heavy atom. The summed E-state index contributed by atoms with van der Waals surface area (Å²) in [5.74, 6) is -5.96. The number of aliphatic hydroxyl groups is 5. The molecule has 17 unspecified atom stereocenters. The summed E-state index contributed by atoms with van der Waals surface area (Å²) < 4.78 is 23.4. The van der Waals surface area contributed by atoms with Crippen molar-refractivity contribution in [1.29, 1.82) is 0 Å². The van der Waals surface area contributed by atoms with E-state index >= 15 is 0 Å². The minimum Gasteiger partial charge on any atom is -0.462 e. The first-order chi connectivity index (χ1) is 25.7. The lowest BCUT2D eigenvalue weighted by atomic mass is 9.83. The number of Topliss-reactive ketones (excluding diaryl/α,β-unsaturated/α-hetero) is 1. The Bertz CT molecular complexity index is 1360. The van der Waals surface area contributed by atoms with Crippen LogP contribution in [0.5, 0.6) is 0 Å². The van der Waals surface area contributed by atoms with Gasteiger partial charge < -0.3 is 44.5 Å². The first-order valence-corrected chi connectivity index (χ1v) is 19.7. The third kappa shape index (κ3) is 13.5. The first-order valence-electron chi connectivity index (χ1n) is 19.7. The lowest BCUT2D eigenvalue weighted by molar-refractivity contribution is -0.313. The van der Waals surface area contributed by atoms with Crippen LogP contribution in [0.4, 0.5) is 0 Å². The molecule has 0 aromatic rings. The van der Waals surface area contributed by atoms with Gasteiger partial charge in [-0.3, -0.25) is 19.2 Å². The van der Waals surface area contributed by atoms with Crippen LogP contribution in [0.1, 0.15) is 94.9 Å². The summed E-state index contributed by atoms with van der Waals surface area (Å²) in [5.41, 5.74) is 0.236. The van der Waals surface area contributed by atoms with Crippen molar-refractivity contribution in [2.45, 2.75) is 156 Å². The minimum absolute atomic E-state index is 0.0551. The van der Waals surface area contributed by atoms with Gasteiger partial charge in [0.05, 0.1) is 36.9 Å². The molecule has 2 aliphatic rings. The van der Waals surface area contributed by atoms with Crippen LogP contribution in [0, 0.1) is 41.4 Å². The van der Waals surface area contributed by atoms with E-state index in [4.69, 9.17) is 18.9 Å². The van der Waals surface area contributed by atoms with Crippen LogP contribution >= 0.6 is 0 Å². The zero-order valence-corrected chi connectivity index (χ0v) is 34.5. The number of carbonyl (C=O) groups excluding carboxylic acids is 4. The van der Waals surface area contributed by atoms with Gasteiger partial charge in [0, 0.05) is 42.6 Å². The topological polar surface area (TPSA) is 206 Å². The molecule has 1 saturated heterocycles. The molecule has 2 aliphatic heterocycles. The highest BCUT2D eigenvalue weighted by Crippen LogP contribution is 2.32. The van der Waals surface area contributed by atoms with Crippen molar-refractivity contribution >= 4 is 23.3 Å². The number of hydrogen-bond donors (Lipinski definition) is 5. The second-order valence-electron chi connectivity index (χ2n) is 16.0. The van der Waals surface area contributed by atoms with E-state index in [2.05, 4.69) is 0 Å². The van der Waals surface area contributed by atoms with Crippen molar-refractivity contribution in [3.8, 4) is 0 Å². The molecule has 0 spiro atoms. The van der Waals surface area contributed by atoms with Gasteiger partial charge in [0.25, 0.3) is 0 Å². The number of esters is 1. The van der Waals surface area contributed by atoms with Gasteiger partial charge >= 0.3 is 5.97 Å². The second-order valence-corrected chi connectivity index (χ2v) is 16.0. The van der Waals surface area contributed by atoms with E-state index < -0.39 is 115 Å². The van der Waals surface area contributed by atoms with E-state index in [1.165, 1.54) is 32.3 Å². The quantitative estimate of drug-likeness (QED) is 0.245. The van der Waals surface area contributed by atoms with Crippen LogP contribution in [0.3, 0.4) is 0 Å². The molecular weight excluding hydrogens is 712 g/mol. The van der Waals surface area contributed by atoms with Crippen LogP contribution in [-0.4, -0.2) is 117 Å². The first kappa shape index (κ1) is 48.5. The molecule has 2 rings (SSSR count). The number of cyclic esters (lactones) is 1. The normalized spacial score (nSPS) is 42.0. The van der Waals surface area contributed by atoms with Gasteiger partial charge in [0.1, 0.15) is 24.4 Å². The van der Waals surface area contributed by atoms with E-state index in [9.17, 15) is 44.7 Å². The molecule has 2 heterocycles. The molecule has 0 bridgehead atoms. The Morgan fingerprint density at radius 1 is 0.891 bits per heavy atom. The van der Waals surface area contributed by atoms with Crippen LogP contribution in [0.2, 0.25) is 0 Å². The monoisotopic (exact) mass is 780 g/mol. The fraction of sp³-hybridized carbons (Fsp3) is 0.762. The van der Waals surface area contributed by atoms with E-state index in [0.717, 1.165) is 0 Å². The van der Waals surface area contributed by atoms with Crippen molar-refractivity contribution in [3.05, 3.63) is 36.0 Å². The van der Waals surface area contributed by atoms with Crippen LogP contribution in [0.15, 0.2) is 36.0 Å². The Hall–Kier alpha value is -2.62. The van der Waals surface area contributed by atoms with E-state index in [1.807, 2.05) is 13.8 Å². The molecule has 5 N–H and O–H groups in total. The molecular formula is C42H68O13. The summed E-state index contributed by atoms with van der Waals surface area (Å²) in [6, 6.07) is 0. The number of allylic oxidation sites excluding steroid dienone is 4. The van der Waals surface area contributed by atoms with Gasteiger partial charge in [0.15, 0.2) is 23.6 Å². The van der Waals surface area contributed by atoms with Gasteiger partial charge in [-0.15, -0.1) is 0 Å². The molecule has 1 fully saturated rings. The fourth-order valence-electron chi connectivity index (χ4n) is 7.46. The maximum Gasteiger partial charge on any atom is 0.308 e. The second kappa shape index (κ2) is 22.4. The lowest BCUT2D eigenvalue weighted by Crippen LogP contribution is -2.59. The maximum atomic E-state index is 13.3. The maximum absolute atomic E-state index is 13.3. The molecule has 0 saturated carbocycles.